The standard InChI is InChI=1S/C22H25N7.2C2HF3O2/c1-14-4-5-19-20(12-14)25-21(24-19)16-7-10-29(11-8-16)22-23-9-6-18(26-22)17-13-28(3)27-15(17)2;2*3-2(4,5)1(6)7/h4-6,9,12-13,16H,7-8,10-11H2,1-3H3,(H,24,25);2*(H,6,7). The molecule has 0 spiro atoms. The van der Waals surface area contributed by atoms with Gasteiger partial charge in [-0.1, -0.05) is 6.07 Å². The number of aryl methyl sites for hydroxylation is 3. The second-order valence-corrected chi connectivity index (χ2v) is 9.55. The Morgan fingerprint density at radius 3 is 2.05 bits per heavy atom. The highest BCUT2D eigenvalue weighted by atomic mass is 19.4. The first kappa shape index (κ1) is 32.8. The van der Waals surface area contributed by atoms with Crippen LogP contribution in [0.4, 0.5) is 32.3 Å². The highest BCUT2D eigenvalue weighted by molar-refractivity contribution is 5.76. The molecule has 0 amide bonds. The van der Waals surface area contributed by atoms with Gasteiger partial charge in [-0.2, -0.15) is 31.4 Å². The third kappa shape index (κ3) is 8.89. The molecule has 0 unspecified atom stereocenters. The number of alkyl halides is 6. The molecule has 1 saturated heterocycles. The van der Waals surface area contributed by atoms with Crippen molar-refractivity contribution < 1.29 is 46.1 Å². The minimum atomic E-state index is -5.08. The third-order valence-corrected chi connectivity index (χ3v) is 6.24. The van der Waals surface area contributed by atoms with Crippen LogP contribution in [0.1, 0.15) is 35.8 Å². The monoisotopic (exact) mass is 615 g/mol. The molecule has 3 N–H and O–H groups in total. The van der Waals surface area contributed by atoms with Crippen molar-refractivity contribution in [2.24, 2.45) is 7.05 Å². The smallest absolute Gasteiger partial charge is 0.475 e. The van der Waals surface area contributed by atoms with E-state index in [0.29, 0.717) is 5.92 Å². The van der Waals surface area contributed by atoms with E-state index < -0.39 is 24.3 Å². The quantitative estimate of drug-likeness (QED) is 0.270. The van der Waals surface area contributed by atoms with Gasteiger partial charge in [0, 0.05) is 44.0 Å². The Kier molecular flexibility index (Phi) is 9.98. The number of hydrogen-bond donors (Lipinski definition) is 3. The molecule has 43 heavy (non-hydrogen) atoms. The zero-order valence-corrected chi connectivity index (χ0v) is 23.0. The number of rotatable bonds is 3. The van der Waals surface area contributed by atoms with E-state index in [9.17, 15) is 26.3 Å². The fourth-order valence-corrected chi connectivity index (χ4v) is 4.19. The van der Waals surface area contributed by atoms with E-state index in [1.54, 1.807) is 0 Å². The summed E-state index contributed by atoms with van der Waals surface area (Å²) < 4.78 is 65.3. The van der Waals surface area contributed by atoms with Crippen LogP contribution >= 0.6 is 0 Å². The van der Waals surface area contributed by atoms with Gasteiger partial charge >= 0.3 is 24.3 Å². The number of halogens is 6. The molecule has 232 valence electrons. The molecule has 0 bridgehead atoms. The molecule has 0 atom stereocenters. The maximum absolute atomic E-state index is 10.6. The van der Waals surface area contributed by atoms with Gasteiger partial charge in [-0.05, 0) is 50.5 Å². The Balaban J connectivity index is 0.000000303. The summed E-state index contributed by atoms with van der Waals surface area (Å²) >= 11 is 0. The van der Waals surface area contributed by atoms with Crippen LogP contribution in [0.2, 0.25) is 0 Å². The number of nitrogens with zero attached hydrogens (tertiary/aromatic N) is 6. The van der Waals surface area contributed by atoms with E-state index in [1.807, 2.05) is 37.1 Å². The number of H-pyrrole nitrogens is 1. The van der Waals surface area contributed by atoms with Crippen LogP contribution in [-0.4, -0.2) is 77.3 Å². The van der Waals surface area contributed by atoms with Crippen molar-refractivity contribution in [2.45, 2.75) is 45.0 Å². The molecular formula is C26H27F6N7O4. The fourth-order valence-electron chi connectivity index (χ4n) is 4.19. The number of aromatic nitrogens is 6. The van der Waals surface area contributed by atoms with Gasteiger partial charge in [0.05, 0.1) is 22.4 Å². The normalized spacial score (nSPS) is 14.0. The first-order valence-electron chi connectivity index (χ1n) is 12.6. The number of aliphatic carboxylic acids is 2. The molecule has 1 aliphatic rings. The van der Waals surface area contributed by atoms with Crippen molar-refractivity contribution in [2.75, 3.05) is 18.0 Å². The lowest BCUT2D eigenvalue weighted by atomic mass is 9.96. The summed E-state index contributed by atoms with van der Waals surface area (Å²) in [7, 11) is 1.93. The second kappa shape index (κ2) is 13.1. The molecule has 1 fully saturated rings. The molecule has 11 nitrogen and oxygen atoms in total. The Morgan fingerprint density at radius 1 is 0.953 bits per heavy atom. The summed E-state index contributed by atoms with van der Waals surface area (Å²) in [6.45, 7) is 5.98. The van der Waals surface area contributed by atoms with Crippen LogP contribution in [0.25, 0.3) is 22.3 Å². The predicted octanol–water partition coefficient (Wildman–Crippen LogP) is 5.02. The van der Waals surface area contributed by atoms with Crippen LogP contribution < -0.4 is 4.90 Å². The third-order valence-electron chi connectivity index (χ3n) is 6.24. The number of piperidine rings is 1. The van der Waals surface area contributed by atoms with Gasteiger partial charge in [0.2, 0.25) is 5.95 Å². The number of carbonyl (C=O) groups is 2. The molecule has 1 aliphatic heterocycles. The Bertz CT molecular complexity index is 1550. The van der Waals surface area contributed by atoms with Gasteiger partial charge in [-0.25, -0.2) is 24.5 Å². The van der Waals surface area contributed by atoms with E-state index in [0.717, 1.165) is 65.7 Å². The van der Waals surface area contributed by atoms with Gasteiger partial charge in [0.15, 0.2) is 0 Å². The minimum absolute atomic E-state index is 0.447. The number of benzene rings is 1. The van der Waals surface area contributed by atoms with Crippen molar-refractivity contribution in [1.29, 1.82) is 0 Å². The zero-order valence-electron chi connectivity index (χ0n) is 23.0. The van der Waals surface area contributed by atoms with Gasteiger partial charge in [0.25, 0.3) is 0 Å². The summed E-state index contributed by atoms with van der Waals surface area (Å²) in [5, 5.41) is 18.7. The van der Waals surface area contributed by atoms with Crippen LogP contribution in [-0.2, 0) is 16.6 Å². The topological polar surface area (TPSA) is 150 Å². The maximum Gasteiger partial charge on any atom is 0.490 e. The lowest BCUT2D eigenvalue weighted by Gasteiger charge is -2.31. The zero-order chi connectivity index (χ0) is 32.1. The second-order valence-electron chi connectivity index (χ2n) is 9.55. The average Bonchev–Trinajstić information content (AvgIpc) is 3.50. The largest absolute Gasteiger partial charge is 0.490 e. The highest BCUT2D eigenvalue weighted by Gasteiger charge is 2.38. The first-order valence-corrected chi connectivity index (χ1v) is 12.6. The number of anilines is 1. The van der Waals surface area contributed by atoms with Crippen molar-refractivity contribution in [3.63, 3.8) is 0 Å². The first-order chi connectivity index (χ1) is 20.0. The van der Waals surface area contributed by atoms with Crippen molar-refractivity contribution >= 4 is 28.9 Å². The van der Waals surface area contributed by atoms with Gasteiger partial charge in [-0.3, -0.25) is 4.68 Å². The summed E-state index contributed by atoms with van der Waals surface area (Å²) in [5.41, 5.74) is 6.40. The van der Waals surface area contributed by atoms with E-state index in [1.165, 1.54) is 5.56 Å². The Hall–Kier alpha value is -4.70. The average molecular weight is 616 g/mol. The van der Waals surface area contributed by atoms with Crippen LogP contribution in [0.3, 0.4) is 0 Å². The Morgan fingerprint density at radius 2 is 1.53 bits per heavy atom. The number of carboxylic acids is 2. The van der Waals surface area contributed by atoms with Gasteiger partial charge in [-0.15, -0.1) is 0 Å². The molecule has 5 rings (SSSR count). The van der Waals surface area contributed by atoms with Crippen LogP contribution in [0.5, 0.6) is 0 Å². The van der Waals surface area contributed by atoms with E-state index in [4.69, 9.17) is 29.8 Å². The summed E-state index contributed by atoms with van der Waals surface area (Å²) in [6.07, 6.45) is -4.23. The van der Waals surface area contributed by atoms with Gasteiger partial charge < -0.3 is 20.1 Å². The molecule has 17 heteroatoms. The van der Waals surface area contributed by atoms with Crippen LogP contribution in [0, 0.1) is 13.8 Å². The van der Waals surface area contributed by atoms with Crippen molar-refractivity contribution in [1.82, 2.24) is 29.7 Å². The molecule has 1 aromatic carbocycles. The van der Waals surface area contributed by atoms with Crippen LogP contribution in [0.15, 0.2) is 36.7 Å². The summed E-state index contributed by atoms with van der Waals surface area (Å²) in [4.78, 5) is 37.8. The van der Waals surface area contributed by atoms with E-state index >= 15 is 0 Å². The van der Waals surface area contributed by atoms with Crippen molar-refractivity contribution in [3.8, 4) is 11.3 Å². The summed E-state index contributed by atoms with van der Waals surface area (Å²) in [6, 6.07) is 8.33. The predicted molar refractivity (Wildman–Crippen MR) is 141 cm³/mol. The lowest BCUT2D eigenvalue weighted by Crippen LogP contribution is -2.34. The number of carboxylic acid groups (broad SMARTS) is 2. The Labute approximate surface area is 240 Å². The molecule has 4 heterocycles. The fraction of sp³-hybridized carbons (Fsp3) is 0.385. The molecule has 3 aromatic heterocycles. The molecule has 0 radical (unpaired) electrons. The maximum atomic E-state index is 10.6. The number of imidazole rings is 1. The highest BCUT2D eigenvalue weighted by Crippen LogP contribution is 2.30. The van der Waals surface area contributed by atoms with E-state index in [2.05, 4.69) is 45.1 Å². The molecule has 0 saturated carbocycles. The molecule has 4 aromatic rings. The molecular weight excluding hydrogens is 588 g/mol. The van der Waals surface area contributed by atoms with Gasteiger partial charge in [0.1, 0.15) is 5.82 Å². The lowest BCUT2D eigenvalue weighted by molar-refractivity contribution is -0.193. The number of hydrogen-bond acceptors (Lipinski definition) is 7. The number of fused-ring (bicyclic) bond motifs is 1. The number of nitrogens with one attached hydrogen (secondary N) is 1. The SMILES string of the molecule is Cc1ccc2nc(C3CCN(c4nccc(-c5cn(C)nc5C)n4)CC3)[nH]c2c1.O=C(O)C(F)(F)F.O=C(O)C(F)(F)F. The van der Waals surface area contributed by atoms with E-state index in [-0.39, 0.29) is 0 Å². The molecule has 0 aliphatic carbocycles. The summed E-state index contributed by atoms with van der Waals surface area (Å²) in [5.74, 6) is -3.17. The van der Waals surface area contributed by atoms with Crippen molar-refractivity contribution in [3.05, 3.63) is 53.7 Å². The minimum Gasteiger partial charge on any atom is -0.475 e. The number of aromatic amines is 1.